The second-order valence-electron chi connectivity index (χ2n) is 5.49. The minimum absolute atomic E-state index is 0.333. The maximum Gasteiger partial charge on any atom is 0.343 e. The fourth-order valence-corrected chi connectivity index (χ4v) is 2.53. The topological polar surface area (TPSA) is 26.3 Å². The van der Waals surface area contributed by atoms with E-state index in [0.29, 0.717) is 11.3 Å². The number of benzene rings is 3. The molecule has 24 heavy (non-hydrogen) atoms. The Morgan fingerprint density at radius 3 is 2.21 bits per heavy atom. The molecule has 3 aromatic carbocycles. The first-order valence-electron chi connectivity index (χ1n) is 7.82. The summed E-state index contributed by atoms with van der Waals surface area (Å²) in [6, 6.07) is 23.0. The molecule has 0 radical (unpaired) electrons. The van der Waals surface area contributed by atoms with E-state index in [1.54, 1.807) is 6.07 Å². The van der Waals surface area contributed by atoms with Crippen LogP contribution in [0.3, 0.4) is 0 Å². The zero-order valence-corrected chi connectivity index (χ0v) is 13.1. The number of esters is 1. The molecule has 0 bridgehead atoms. The van der Waals surface area contributed by atoms with Crippen LogP contribution in [-0.2, 0) is 12.8 Å². The number of hydrogen-bond acceptors (Lipinski definition) is 2. The Morgan fingerprint density at radius 1 is 0.792 bits per heavy atom. The van der Waals surface area contributed by atoms with Crippen molar-refractivity contribution in [1.82, 2.24) is 0 Å². The van der Waals surface area contributed by atoms with Gasteiger partial charge in [-0.1, -0.05) is 48.5 Å². The first-order chi connectivity index (χ1) is 11.7. The molecule has 0 unspecified atom stereocenters. The van der Waals surface area contributed by atoms with E-state index in [1.165, 1.54) is 29.8 Å². The summed E-state index contributed by atoms with van der Waals surface area (Å²) in [4.78, 5) is 12.4. The zero-order valence-electron chi connectivity index (χ0n) is 13.1. The van der Waals surface area contributed by atoms with E-state index in [4.69, 9.17) is 4.74 Å². The fourth-order valence-electron chi connectivity index (χ4n) is 2.53. The van der Waals surface area contributed by atoms with E-state index >= 15 is 0 Å². The molecule has 0 heterocycles. The number of carbonyl (C=O) groups is 1. The lowest BCUT2D eigenvalue weighted by Crippen LogP contribution is -2.11. The summed E-state index contributed by atoms with van der Waals surface area (Å²) in [6.45, 7) is 0. The molecule has 0 saturated carbocycles. The molecule has 3 heteroatoms. The van der Waals surface area contributed by atoms with Crippen LogP contribution < -0.4 is 4.74 Å². The number of rotatable bonds is 5. The van der Waals surface area contributed by atoms with Crippen LogP contribution in [-0.4, -0.2) is 5.97 Å². The Morgan fingerprint density at radius 2 is 1.46 bits per heavy atom. The molecule has 0 atom stereocenters. The Balaban J connectivity index is 1.73. The monoisotopic (exact) mass is 320 g/mol. The van der Waals surface area contributed by atoms with Crippen LogP contribution in [0.15, 0.2) is 78.9 Å². The third kappa shape index (κ3) is 4.07. The Kier molecular flexibility index (Phi) is 5.02. The van der Waals surface area contributed by atoms with Gasteiger partial charge in [0.15, 0.2) is 0 Å². The molecule has 120 valence electrons. The summed E-state index contributed by atoms with van der Waals surface area (Å²) in [5.74, 6) is -0.456. The third-order valence-electron chi connectivity index (χ3n) is 3.79. The molecule has 0 N–H and O–H groups in total. The number of ether oxygens (including phenoxy) is 1. The van der Waals surface area contributed by atoms with Gasteiger partial charge in [-0.15, -0.1) is 0 Å². The summed E-state index contributed by atoms with van der Waals surface area (Å²) in [7, 11) is 0. The van der Waals surface area contributed by atoms with Gasteiger partial charge in [0.25, 0.3) is 0 Å². The highest BCUT2D eigenvalue weighted by molar-refractivity contribution is 5.92. The van der Waals surface area contributed by atoms with E-state index in [2.05, 4.69) is 12.1 Å². The van der Waals surface area contributed by atoms with Gasteiger partial charge in [-0.05, 0) is 54.3 Å². The lowest BCUT2D eigenvalue weighted by Gasteiger charge is -2.09. The summed E-state index contributed by atoms with van der Waals surface area (Å²) in [5, 5.41) is 0. The zero-order chi connectivity index (χ0) is 16.8. The first-order valence-corrected chi connectivity index (χ1v) is 7.82. The highest BCUT2D eigenvalue weighted by Crippen LogP contribution is 2.17. The lowest BCUT2D eigenvalue weighted by atomic mass is 10.00. The van der Waals surface area contributed by atoms with Gasteiger partial charge in [-0.3, -0.25) is 0 Å². The van der Waals surface area contributed by atoms with E-state index in [9.17, 15) is 9.18 Å². The van der Waals surface area contributed by atoms with Gasteiger partial charge in [0.2, 0.25) is 0 Å². The molecule has 0 aliphatic heterocycles. The van der Waals surface area contributed by atoms with Gasteiger partial charge in [-0.2, -0.15) is 0 Å². The second kappa shape index (κ2) is 7.55. The number of hydrogen-bond donors (Lipinski definition) is 0. The van der Waals surface area contributed by atoms with Crippen LogP contribution in [0, 0.1) is 5.82 Å². The van der Waals surface area contributed by atoms with E-state index in [-0.39, 0.29) is 5.82 Å². The molecular weight excluding hydrogens is 303 g/mol. The van der Waals surface area contributed by atoms with E-state index in [0.717, 1.165) is 18.4 Å². The van der Waals surface area contributed by atoms with Crippen molar-refractivity contribution in [1.29, 1.82) is 0 Å². The summed E-state index contributed by atoms with van der Waals surface area (Å²) >= 11 is 0. The van der Waals surface area contributed by atoms with Crippen molar-refractivity contribution in [2.24, 2.45) is 0 Å². The van der Waals surface area contributed by atoms with Crippen molar-refractivity contribution >= 4 is 5.97 Å². The van der Waals surface area contributed by atoms with Gasteiger partial charge in [0, 0.05) is 0 Å². The Hall–Kier alpha value is -2.94. The predicted molar refractivity (Wildman–Crippen MR) is 91.7 cm³/mol. The highest BCUT2D eigenvalue weighted by atomic mass is 19.1. The van der Waals surface area contributed by atoms with Crippen molar-refractivity contribution in [3.05, 3.63) is 101 Å². The summed E-state index contributed by atoms with van der Waals surface area (Å²) in [6.07, 6.45) is 1.60. The Bertz CT molecular complexity index is 811. The SMILES string of the molecule is O=C(Oc1ccc(F)cc1)c1ccccc1CCc1ccccc1. The molecule has 0 aliphatic rings. The quantitative estimate of drug-likeness (QED) is 0.497. The van der Waals surface area contributed by atoms with Crippen molar-refractivity contribution in [2.75, 3.05) is 0 Å². The minimum Gasteiger partial charge on any atom is -0.423 e. The van der Waals surface area contributed by atoms with Crippen LogP contribution in [0.4, 0.5) is 4.39 Å². The molecular formula is C21H17FO2. The van der Waals surface area contributed by atoms with Crippen molar-refractivity contribution in [3.8, 4) is 5.75 Å². The molecule has 0 saturated heterocycles. The molecule has 2 nitrogen and oxygen atoms in total. The number of halogens is 1. The predicted octanol–water partition coefficient (Wildman–Crippen LogP) is 4.83. The maximum absolute atomic E-state index is 12.9. The maximum atomic E-state index is 12.9. The average molecular weight is 320 g/mol. The van der Waals surface area contributed by atoms with Crippen LogP contribution in [0.5, 0.6) is 5.75 Å². The average Bonchev–Trinajstić information content (AvgIpc) is 2.63. The fraction of sp³-hybridized carbons (Fsp3) is 0.0952. The van der Waals surface area contributed by atoms with Gasteiger partial charge in [0.05, 0.1) is 5.56 Å². The van der Waals surface area contributed by atoms with Crippen LogP contribution >= 0.6 is 0 Å². The third-order valence-corrected chi connectivity index (χ3v) is 3.79. The summed E-state index contributed by atoms with van der Waals surface area (Å²) < 4.78 is 18.3. The molecule has 3 aromatic rings. The van der Waals surface area contributed by atoms with Gasteiger partial charge in [-0.25, -0.2) is 9.18 Å². The molecule has 0 aliphatic carbocycles. The van der Waals surface area contributed by atoms with Crippen LogP contribution in [0.1, 0.15) is 21.5 Å². The summed E-state index contributed by atoms with van der Waals surface area (Å²) in [5.41, 5.74) is 2.70. The number of aryl methyl sites for hydroxylation is 2. The van der Waals surface area contributed by atoms with Gasteiger partial charge < -0.3 is 4.74 Å². The molecule has 0 aromatic heterocycles. The van der Waals surface area contributed by atoms with Gasteiger partial charge in [0.1, 0.15) is 11.6 Å². The molecule has 3 rings (SSSR count). The van der Waals surface area contributed by atoms with Crippen LogP contribution in [0.25, 0.3) is 0 Å². The molecule has 0 spiro atoms. The second-order valence-corrected chi connectivity index (χ2v) is 5.49. The first kappa shape index (κ1) is 15.9. The Labute approximate surface area is 140 Å². The highest BCUT2D eigenvalue weighted by Gasteiger charge is 2.13. The van der Waals surface area contributed by atoms with Gasteiger partial charge >= 0.3 is 5.97 Å². The number of carbonyl (C=O) groups excluding carboxylic acids is 1. The molecule has 0 amide bonds. The van der Waals surface area contributed by atoms with Crippen molar-refractivity contribution in [3.63, 3.8) is 0 Å². The lowest BCUT2D eigenvalue weighted by molar-refractivity contribution is 0.0733. The minimum atomic E-state index is -0.426. The van der Waals surface area contributed by atoms with Crippen molar-refractivity contribution < 1.29 is 13.9 Å². The van der Waals surface area contributed by atoms with Crippen LogP contribution in [0.2, 0.25) is 0 Å². The largest absolute Gasteiger partial charge is 0.423 e. The molecule has 0 fully saturated rings. The smallest absolute Gasteiger partial charge is 0.343 e. The van der Waals surface area contributed by atoms with E-state index < -0.39 is 5.97 Å². The van der Waals surface area contributed by atoms with Crippen molar-refractivity contribution in [2.45, 2.75) is 12.8 Å². The normalized spacial score (nSPS) is 10.4. The standard InChI is InChI=1S/C21H17FO2/c22-18-12-14-19(15-13-18)24-21(23)20-9-5-4-8-17(20)11-10-16-6-2-1-3-7-16/h1-9,12-15H,10-11H2. The van der Waals surface area contributed by atoms with E-state index in [1.807, 2.05) is 36.4 Å².